The highest BCUT2D eigenvalue weighted by Crippen LogP contribution is 2.03. The van der Waals surface area contributed by atoms with Gasteiger partial charge in [0, 0.05) is 19.0 Å². The summed E-state index contributed by atoms with van der Waals surface area (Å²) in [4.78, 5) is 11.3. The van der Waals surface area contributed by atoms with Crippen molar-refractivity contribution in [3.63, 3.8) is 0 Å². The van der Waals surface area contributed by atoms with Gasteiger partial charge in [-0.15, -0.1) is 12.4 Å². The van der Waals surface area contributed by atoms with Gasteiger partial charge in [0.25, 0.3) is 0 Å². The average molecular weight is 243 g/mol. The maximum Gasteiger partial charge on any atom is 0.221 e. The molecule has 0 spiro atoms. The van der Waals surface area contributed by atoms with E-state index in [1.165, 1.54) is 5.56 Å². The van der Waals surface area contributed by atoms with E-state index in [4.69, 9.17) is 5.73 Å². The second-order valence-corrected chi connectivity index (χ2v) is 3.95. The summed E-state index contributed by atoms with van der Waals surface area (Å²) in [5.41, 5.74) is 7.85. The Bertz CT molecular complexity index is 340. The first-order valence-electron chi connectivity index (χ1n) is 5.16. The molecule has 4 heteroatoms. The molecule has 0 heterocycles. The van der Waals surface area contributed by atoms with E-state index in [0.29, 0.717) is 13.0 Å². The molecule has 0 radical (unpaired) electrons. The van der Waals surface area contributed by atoms with Crippen LogP contribution in [0.2, 0.25) is 0 Å². The fourth-order valence-corrected chi connectivity index (χ4v) is 1.39. The molecule has 0 saturated heterocycles. The molecule has 0 aliphatic rings. The number of hydrogen-bond donors (Lipinski definition) is 2. The number of halogens is 1. The molecule has 1 amide bonds. The van der Waals surface area contributed by atoms with Crippen molar-refractivity contribution in [3.05, 3.63) is 35.4 Å². The number of rotatable bonds is 4. The molecule has 1 atom stereocenters. The standard InChI is InChI=1S/C12H18N2O.ClH/c1-9-4-3-5-11(6-9)8-14-12(15)7-10(2)13;/h3-6,10H,7-8,13H2,1-2H3,(H,14,15);1H. The largest absolute Gasteiger partial charge is 0.352 e. The fourth-order valence-electron chi connectivity index (χ4n) is 1.39. The SMILES string of the molecule is Cc1cccc(CNC(=O)CC(C)N)c1.Cl. The topological polar surface area (TPSA) is 55.1 Å². The summed E-state index contributed by atoms with van der Waals surface area (Å²) in [6, 6.07) is 8.00. The predicted molar refractivity (Wildman–Crippen MR) is 68.5 cm³/mol. The van der Waals surface area contributed by atoms with Crippen LogP contribution in [0.25, 0.3) is 0 Å². The number of carbonyl (C=O) groups is 1. The van der Waals surface area contributed by atoms with Crippen molar-refractivity contribution in [2.24, 2.45) is 5.73 Å². The molecule has 3 N–H and O–H groups in total. The lowest BCUT2D eigenvalue weighted by atomic mass is 10.1. The van der Waals surface area contributed by atoms with E-state index in [1.807, 2.05) is 32.0 Å². The van der Waals surface area contributed by atoms with Gasteiger partial charge in [-0.25, -0.2) is 0 Å². The molecule has 0 aliphatic carbocycles. The van der Waals surface area contributed by atoms with Gasteiger partial charge < -0.3 is 11.1 Å². The second kappa shape index (κ2) is 7.25. The van der Waals surface area contributed by atoms with Crippen LogP contribution >= 0.6 is 12.4 Å². The van der Waals surface area contributed by atoms with Crippen LogP contribution in [0.1, 0.15) is 24.5 Å². The average Bonchev–Trinajstić information content (AvgIpc) is 2.14. The van der Waals surface area contributed by atoms with E-state index in [1.54, 1.807) is 0 Å². The highest BCUT2D eigenvalue weighted by atomic mass is 35.5. The van der Waals surface area contributed by atoms with Crippen LogP contribution < -0.4 is 11.1 Å². The summed E-state index contributed by atoms with van der Waals surface area (Å²) in [6.07, 6.45) is 0.381. The lowest BCUT2D eigenvalue weighted by molar-refractivity contribution is -0.121. The van der Waals surface area contributed by atoms with E-state index in [2.05, 4.69) is 11.4 Å². The van der Waals surface area contributed by atoms with Crippen LogP contribution in [-0.4, -0.2) is 11.9 Å². The predicted octanol–water partition coefficient (Wildman–Crippen LogP) is 1.77. The van der Waals surface area contributed by atoms with Gasteiger partial charge in [0.05, 0.1) is 0 Å². The molecule has 0 saturated carbocycles. The maximum atomic E-state index is 11.3. The van der Waals surface area contributed by atoms with Crippen molar-refractivity contribution in [1.29, 1.82) is 0 Å². The minimum absolute atomic E-state index is 0. The summed E-state index contributed by atoms with van der Waals surface area (Å²) in [6.45, 7) is 4.44. The van der Waals surface area contributed by atoms with E-state index >= 15 is 0 Å². The third kappa shape index (κ3) is 5.73. The van der Waals surface area contributed by atoms with Crippen LogP contribution in [-0.2, 0) is 11.3 Å². The number of hydrogen-bond acceptors (Lipinski definition) is 2. The Morgan fingerprint density at radius 1 is 1.50 bits per heavy atom. The van der Waals surface area contributed by atoms with Crippen molar-refractivity contribution in [2.45, 2.75) is 32.9 Å². The first-order chi connectivity index (χ1) is 7.08. The number of benzene rings is 1. The quantitative estimate of drug-likeness (QED) is 0.846. The Morgan fingerprint density at radius 2 is 2.19 bits per heavy atom. The normalized spacial score (nSPS) is 11.4. The molecule has 0 bridgehead atoms. The van der Waals surface area contributed by atoms with Crippen molar-refractivity contribution in [2.75, 3.05) is 0 Å². The minimum atomic E-state index is -0.0810. The molecular weight excluding hydrogens is 224 g/mol. The Kier molecular flexibility index (Phi) is 6.77. The lowest BCUT2D eigenvalue weighted by Gasteiger charge is -2.07. The maximum absolute atomic E-state index is 11.3. The molecule has 0 aromatic heterocycles. The second-order valence-electron chi connectivity index (χ2n) is 3.95. The molecule has 0 fully saturated rings. The Morgan fingerprint density at radius 3 is 2.75 bits per heavy atom. The smallest absolute Gasteiger partial charge is 0.221 e. The van der Waals surface area contributed by atoms with Crippen LogP contribution in [0, 0.1) is 6.92 Å². The minimum Gasteiger partial charge on any atom is -0.352 e. The van der Waals surface area contributed by atoms with Gasteiger partial charge in [-0.3, -0.25) is 4.79 Å². The van der Waals surface area contributed by atoms with Crippen molar-refractivity contribution < 1.29 is 4.79 Å². The molecule has 1 unspecified atom stereocenters. The van der Waals surface area contributed by atoms with E-state index < -0.39 is 0 Å². The summed E-state index contributed by atoms with van der Waals surface area (Å²) < 4.78 is 0. The van der Waals surface area contributed by atoms with E-state index in [0.717, 1.165) is 5.56 Å². The molecule has 1 aromatic rings. The van der Waals surface area contributed by atoms with Gasteiger partial charge in [-0.1, -0.05) is 29.8 Å². The van der Waals surface area contributed by atoms with Crippen molar-refractivity contribution >= 4 is 18.3 Å². The number of amides is 1. The lowest BCUT2D eigenvalue weighted by Crippen LogP contribution is -2.29. The third-order valence-electron chi connectivity index (χ3n) is 2.08. The molecule has 16 heavy (non-hydrogen) atoms. The van der Waals surface area contributed by atoms with Crippen LogP contribution in [0.4, 0.5) is 0 Å². The highest BCUT2D eigenvalue weighted by molar-refractivity contribution is 5.85. The van der Waals surface area contributed by atoms with E-state index in [-0.39, 0.29) is 24.4 Å². The molecule has 3 nitrogen and oxygen atoms in total. The van der Waals surface area contributed by atoms with Gasteiger partial charge in [0.15, 0.2) is 0 Å². The van der Waals surface area contributed by atoms with E-state index in [9.17, 15) is 4.79 Å². The fraction of sp³-hybridized carbons (Fsp3) is 0.417. The monoisotopic (exact) mass is 242 g/mol. The summed E-state index contributed by atoms with van der Waals surface area (Å²) in [5, 5.41) is 2.84. The van der Waals surface area contributed by atoms with Gasteiger partial charge in [-0.05, 0) is 19.4 Å². The third-order valence-corrected chi connectivity index (χ3v) is 2.08. The number of aryl methyl sites for hydroxylation is 1. The number of carbonyl (C=O) groups excluding carboxylic acids is 1. The zero-order valence-electron chi connectivity index (χ0n) is 9.69. The summed E-state index contributed by atoms with van der Waals surface area (Å²) in [5.74, 6) is 0.00602. The van der Waals surface area contributed by atoms with Gasteiger partial charge in [0.2, 0.25) is 5.91 Å². The zero-order valence-corrected chi connectivity index (χ0v) is 10.5. The molecule has 90 valence electrons. The Balaban J connectivity index is 0.00000225. The van der Waals surface area contributed by atoms with Crippen molar-refractivity contribution in [1.82, 2.24) is 5.32 Å². The van der Waals surface area contributed by atoms with Crippen molar-refractivity contribution in [3.8, 4) is 0 Å². The summed E-state index contributed by atoms with van der Waals surface area (Å²) in [7, 11) is 0. The van der Waals surface area contributed by atoms with Crippen LogP contribution in [0.15, 0.2) is 24.3 Å². The Labute approximate surface area is 103 Å². The highest BCUT2D eigenvalue weighted by Gasteiger charge is 2.04. The first-order valence-corrected chi connectivity index (χ1v) is 5.16. The zero-order chi connectivity index (χ0) is 11.3. The van der Waals surface area contributed by atoms with Crippen LogP contribution in [0.5, 0.6) is 0 Å². The Hall–Kier alpha value is -1.06. The number of nitrogens with two attached hydrogens (primary N) is 1. The molecule has 1 rings (SSSR count). The molecule has 1 aromatic carbocycles. The summed E-state index contributed by atoms with van der Waals surface area (Å²) >= 11 is 0. The van der Waals surface area contributed by atoms with Gasteiger partial charge in [-0.2, -0.15) is 0 Å². The molecular formula is C12H19ClN2O. The number of nitrogens with one attached hydrogen (secondary N) is 1. The van der Waals surface area contributed by atoms with Gasteiger partial charge >= 0.3 is 0 Å². The first kappa shape index (κ1) is 14.9. The van der Waals surface area contributed by atoms with Crippen LogP contribution in [0.3, 0.4) is 0 Å². The molecule has 0 aliphatic heterocycles. The van der Waals surface area contributed by atoms with Gasteiger partial charge in [0.1, 0.15) is 0 Å².